The molecule has 0 radical (unpaired) electrons. The Morgan fingerprint density at radius 1 is 1.06 bits per heavy atom. The monoisotopic (exact) mass is 459 g/mol. The first-order valence-electron chi connectivity index (χ1n) is 11.6. The van der Waals surface area contributed by atoms with E-state index in [-0.39, 0.29) is 30.3 Å². The highest BCUT2D eigenvalue weighted by molar-refractivity contribution is 7.90. The summed E-state index contributed by atoms with van der Waals surface area (Å²) in [5.41, 5.74) is 10.2. The Bertz CT molecular complexity index is 743. The van der Waals surface area contributed by atoms with Gasteiger partial charge < -0.3 is 9.47 Å². The number of hydrogen-bond acceptors (Lipinski definition) is 10. The molecular weight excluding hydrogens is 422 g/mol. The quantitative estimate of drug-likeness (QED) is 0.358. The molecule has 4 saturated heterocycles. The predicted octanol–water partition coefficient (Wildman–Crippen LogP) is -2.32. The lowest BCUT2D eigenvalue weighted by Gasteiger charge is -2.41. The van der Waals surface area contributed by atoms with Gasteiger partial charge in [0.2, 0.25) is 10.0 Å². The van der Waals surface area contributed by atoms with E-state index in [1.807, 2.05) is 7.05 Å². The summed E-state index contributed by atoms with van der Waals surface area (Å²) in [4.78, 5) is 0. The highest BCUT2D eigenvalue weighted by atomic mass is 32.2. The summed E-state index contributed by atoms with van der Waals surface area (Å²) in [5.74, 6) is 0.438. The summed E-state index contributed by atoms with van der Waals surface area (Å²) in [5, 5.41) is 5.93. The van der Waals surface area contributed by atoms with Crippen LogP contribution in [0.15, 0.2) is 0 Å². The maximum atomic E-state index is 13.4. The van der Waals surface area contributed by atoms with Crippen LogP contribution in [0.25, 0.3) is 0 Å². The summed E-state index contributed by atoms with van der Waals surface area (Å²) in [7, 11) is 0.161. The van der Waals surface area contributed by atoms with Crippen molar-refractivity contribution < 1.29 is 17.9 Å². The third-order valence-corrected chi connectivity index (χ3v) is 9.61. The van der Waals surface area contributed by atoms with Crippen LogP contribution in [0.2, 0.25) is 0 Å². The van der Waals surface area contributed by atoms with Crippen molar-refractivity contribution in [2.24, 2.45) is 5.92 Å². The molecule has 0 spiro atoms. The minimum atomic E-state index is -3.52. The van der Waals surface area contributed by atoms with Crippen molar-refractivity contribution in [2.75, 3.05) is 60.1 Å². The lowest BCUT2D eigenvalue weighted by atomic mass is 9.80. The van der Waals surface area contributed by atoms with Crippen LogP contribution in [0.3, 0.4) is 0 Å². The molecule has 4 N–H and O–H groups in total. The van der Waals surface area contributed by atoms with Gasteiger partial charge >= 0.3 is 0 Å². The Morgan fingerprint density at radius 3 is 2.74 bits per heavy atom. The Morgan fingerprint density at radius 2 is 1.90 bits per heavy atom. The first-order valence-corrected chi connectivity index (χ1v) is 13.1. The first-order chi connectivity index (χ1) is 15.0. The summed E-state index contributed by atoms with van der Waals surface area (Å²) in [6.45, 7) is 5.00. The van der Waals surface area contributed by atoms with Gasteiger partial charge in [-0.25, -0.2) is 28.2 Å². The molecule has 1 aliphatic carbocycles. The highest BCUT2D eigenvalue weighted by Gasteiger charge is 2.49. The van der Waals surface area contributed by atoms with E-state index in [0.29, 0.717) is 25.6 Å². The van der Waals surface area contributed by atoms with Crippen LogP contribution in [0.1, 0.15) is 19.3 Å². The molecule has 31 heavy (non-hydrogen) atoms. The largest absolute Gasteiger partial charge is 0.380 e. The fourth-order valence-electron chi connectivity index (χ4n) is 6.09. The van der Waals surface area contributed by atoms with Gasteiger partial charge in [0.25, 0.3) is 0 Å². The second-order valence-electron chi connectivity index (χ2n) is 9.52. The van der Waals surface area contributed by atoms with Gasteiger partial charge in [-0.05, 0) is 25.2 Å². The lowest BCUT2D eigenvalue weighted by molar-refractivity contribution is 0.00328. The average Bonchev–Trinajstić information content (AvgIpc) is 3.44. The molecule has 1 saturated carbocycles. The number of rotatable bonds is 5. The van der Waals surface area contributed by atoms with E-state index in [0.717, 1.165) is 45.5 Å². The minimum absolute atomic E-state index is 0.106. The third kappa shape index (κ3) is 4.27. The van der Waals surface area contributed by atoms with E-state index in [2.05, 4.69) is 36.0 Å². The Kier molecular flexibility index (Phi) is 6.56. The number of hydrazine groups is 3. The number of likely N-dealkylation sites (N-methyl/N-ethyl adjacent to an activating group) is 1. The number of nitrogens with zero attached hydrogens (tertiary/aromatic N) is 3. The molecule has 5 rings (SSSR count). The fraction of sp³-hybridized carbons (Fsp3) is 1.00. The first kappa shape index (κ1) is 22.4. The Balaban J connectivity index is 1.26. The number of ether oxygens (including phenoxy) is 2. The summed E-state index contributed by atoms with van der Waals surface area (Å²) in [6.07, 6.45) is 2.82. The van der Waals surface area contributed by atoms with E-state index >= 15 is 0 Å². The second kappa shape index (κ2) is 9.09. The van der Waals surface area contributed by atoms with Crippen LogP contribution < -0.4 is 21.0 Å². The molecule has 0 aromatic heterocycles. The van der Waals surface area contributed by atoms with Gasteiger partial charge in [0.05, 0.1) is 30.8 Å². The van der Waals surface area contributed by atoms with Crippen molar-refractivity contribution >= 4 is 10.0 Å². The molecule has 11 nitrogen and oxygen atoms in total. The number of methoxy groups -OCH3 is 1. The van der Waals surface area contributed by atoms with Crippen LogP contribution in [0, 0.1) is 5.92 Å². The molecule has 5 aliphatic rings. The molecule has 7 atom stereocenters. The van der Waals surface area contributed by atoms with Gasteiger partial charge in [0, 0.05) is 59.5 Å². The lowest BCUT2D eigenvalue weighted by Crippen LogP contribution is -2.61. The summed E-state index contributed by atoms with van der Waals surface area (Å²) < 4.78 is 41.4. The van der Waals surface area contributed by atoms with E-state index < -0.39 is 15.3 Å². The van der Waals surface area contributed by atoms with Crippen LogP contribution >= 0.6 is 0 Å². The zero-order chi connectivity index (χ0) is 21.6. The SMILES string of the molecule is COC1CCC2CNN(C)C2C1NS(=O)(=O)C1CNN(C2CNN3CCCOCC23)C1. The molecule has 12 heteroatoms. The standard InChI is InChI=1S/C19H37N7O4S/c1-24-19-13(8-20-24)4-5-17(29-2)18(19)23-31(27,28)14-9-21-26(11-14)15-10-22-25-6-3-7-30-12-16(15)25/h13-23H,3-12H2,1-2H3. The number of nitrogens with one attached hydrogen (secondary N) is 4. The minimum Gasteiger partial charge on any atom is -0.380 e. The predicted molar refractivity (Wildman–Crippen MR) is 115 cm³/mol. The van der Waals surface area contributed by atoms with Crippen molar-refractivity contribution in [3.8, 4) is 0 Å². The molecule has 0 bridgehead atoms. The van der Waals surface area contributed by atoms with Gasteiger partial charge in [-0.1, -0.05) is 0 Å². The fourth-order valence-corrected chi connectivity index (χ4v) is 7.60. The van der Waals surface area contributed by atoms with Crippen LogP contribution in [0.4, 0.5) is 0 Å². The van der Waals surface area contributed by atoms with Crippen molar-refractivity contribution in [3.05, 3.63) is 0 Å². The Hall–Kier alpha value is -0.410. The molecular formula is C19H37N7O4S. The molecule has 7 unspecified atom stereocenters. The molecule has 0 aromatic carbocycles. The molecule has 4 aliphatic heterocycles. The second-order valence-corrected chi connectivity index (χ2v) is 11.5. The van der Waals surface area contributed by atoms with Gasteiger partial charge in [0.1, 0.15) is 5.25 Å². The van der Waals surface area contributed by atoms with Gasteiger partial charge in [-0.15, -0.1) is 0 Å². The van der Waals surface area contributed by atoms with Crippen LogP contribution in [0.5, 0.6) is 0 Å². The van der Waals surface area contributed by atoms with Crippen LogP contribution in [-0.4, -0.2) is 119 Å². The molecule has 178 valence electrons. The Labute approximate surface area is 185 Å². The van der Waals surface area contributed by atoms with Crippen molar-refractivity contribution in [3.63, 3.8) is 0 Å². The topological polar surface area (TPSA) is 110 Å². The van der Waals surface area contributed by atoms with Crippen molar-refractivity contribution in [2.45, 2.75) is 54.8 Å². The van der Waals surface area contributed by atoms with Gasteiger partial charge in [-0.2, -0.15) is 0 Å². The number of hydrogen-bond donors (Lipinski definition) is 4. The van der Waals surface area contributed by atoms with Gasteiger partial charge in [0.15, 0.2) is 0 Å². The maximum absolute atomic E-state index is 13.4. The normalized spacial score (nSPS) is 43.1. The van der Waals surface area contributed by atoms with Crippen LogP contribution in [-0.2, 0) is 19.5 Å². The average molecular weight is 460 g/mol. The van der Waals surface area contributed by atoms with E-state index in [1.165, 1.54) is 0 Å². The van der Waals surface area contributed by atoms with E-state index in [9.17, 15) is 8.42 Å². The highest BCUT2D eigenvalue weighted by Crippen LogP contribution is 2.33. The molecule has 5 fully saturated rings. The molecule has 0 aromatic rings. The van der Waals surface area contributed by atoms with Gasteiger partial charge in [-0.3, -0.25) is 16.3 Å². The molecule has 0 amide bonds. The molecule has 4 heterocycles. The third-order valence-electron chi connectivity index (χ3n) is 7.81. The zero-order valence-electron chi connectivity index (χ0n) is 18.5. The van der Waals surface area contributed by atoms with E-state index in [1.54, 1.807) is 7.11 Å². The number of sulfonamides is 1. The smallest absolute Gasteiger partial charge is 0.217 e. The summed E-state index contributed by atoms with van der Waals surface area (Å²) >= 11 is 0. The van der Waals surface area contributed by atoms with Crippen molar-refractivity contribution in [1.29, 1.82) is 0 Å². The maximum Gasteiger partial charge on any atom is 0.217 e. The summed E-state index contributed by atoms with van der Waals surface area (Å²) in [6, 6.07) is 0.283. The zero-order valence-corrected chi connectivity index (χ0v) is 19.3. The van der Waals surface area contributed by atoms with E-state index in [4.69, 9.17) is 9.47 Å². The number of fused-ring (bicyclic) bond motifs is 2. The van der Waals surface area contributed by atoms with Crippen molar-refractivity contribution in [1.82, 2.24) is 36.0 Å².